The van der Waals surface area contributed by atoms with E-state index in [1.165, 1.54) is 18.4 Å². The molecule has 1 aromatic rings. The third kappa shape index (κ3) is 2.82. The molecule has 0 unspecified atom stereocenters. The van der Waals surface area contributed by atoms with Crippen LogP contribution in [0.2, 0.25) is 0 Å². The van der Waals surface area contributed by atoms with Crippen LogP contribution in [0.5, 0.6) is 0 Å². The lowest BCUT2D eigenvalue weighted by Crippen LogP contribution is -2.36. The van der Waals surface area contributed by atoms with E-state index in [0.29, 0.717) is 10.3 Å². The third-order valence-electron chi connectivity index (χ3n) is 4.08. The molecule has 2 rings (SSSR count). The van der Waals surface area contributed by atoms with Crippen molar-refractivity contribution in [3.8, 4) is 0 Å². The van der Waals surface area contributed by atoms with Crippen molar-refractivity contribution in [1.29, 1.82) is 0 Å². The van der Waals surface area contributed by atoms with Crippen molar-refractivity contribution in [1.82, 2.24) is 4.98 Å². The smallest absolute Gasteiger partial charge is 0.349 e. The van der Waals surface area contributed by atoms with Crippen LogP contribution in [0.4, 0.5) is 0 Å². The van der Waals surface area contributed by atoms with E-state index in [-0.39, 0.29) is 11.6 Å². The van der Waals surface area contributed by atoms with Crippen molar-refractivity contribution in [2.45, 2.75) is 45.1 Å². The predicted molar refractivity (Wildman–Crippen MR) is 74.4 cm³/mol. The summed E-state index contributed by atoms with van der Waals surface area (Å²) in [6.07, 6.45) is 5.70. The third-order valence-corrected chi connectivity index (χ3v) is 5.25. The fraction of sp³-hybridized carbons (Fsp3) is 0.714. The lowest BCUT2D eigenvalue weighted by atomic mass is 9.71. The molecule has 1 heterocycles. The second-order valence-corrected chi connectivity index (χ2v) is 6.91. The molecule has 1 aliphatic rings. The van der Waals surface area contributed by atoms with Crippen molar-refractivity contribution < 1.29 is 14.3 Å². The summed E-state index contributed by atoms with van der Waals surface area (Å²) < 4.78 is 10.5. The van der Waals surface area contributed by atoms with E-state index >= 15 is 0 Å². The van der Waals surface area contributed by atoms with Crippen LogP contribution >= 0.6 is 11.3 Å². The number of aromatic nitrogens is 1. The molecular formula is C14H21NO3S. The Morgan fingerprint density at radius 2 is 1.89 bits per heavy atom. The first-order chi connectivity index (χ1) is 8.92. The molecule has 106 valence electrons. The SMILES string of the molecule is COC(=O)c1cnc(C2(OC)CCC(C)(C)CC2)s1. The fourth-order valence-corrected chi connectivity index (χ4v) is 3.57. The maximum Gasteiger partial charge on any atom is 0.349 e. The first kappa shape index (κ1) is 14.5. The normalized spacial score (nSPS) is 21.1. The van der Waals surface area contributed by atoms with Gasteiger partial charge in [0.1, 0.15) is 15.5 Å². The zero-order valence-electron chi connectivity index (χ0n) is 12.0. The standard InChI is InChI=1S/C14H21NO3S/c1-13(2)5-7-14(18-4,8-6-13)12-15-9-10(19-12)11(16)17-3/h9H,5-8H2,1-4H3. The number of methoxy groups -OCH3 is 2. The zero-order valence-corrected chi connectivity index (χ0v) is 12.8. The van der Waals surface area contributed by atoms with Gasteiger partial charge < -0.3 is 9.47 Å². The first-order valence-corrected chi connectivity index (χ1v) is 7.34. The molecule has 1 aromatic heterocycles. The van der Waals surface area contributed by atoms with Crippen molar-refractivity contribution in [3.05, 3.63) is 16.1 Å². The Morgan fingerprint density at radius 1 is 1.26 bits per heavy atom. The van der Waals surface area contributed by atoms with Crippen LogP contribution in [-0.4, -0.2) is 25.2 Å². The van der Waals surface area contributed by atoms with Gasteiger partial charge in [0.2, 0.25) is 0 Å². The molecule has 0 aromatic carbocycles. The number of thiazole rings is 1. The average Bonchev–Trinajstić information content (AvgIpc) is 2.89. The van der Waals surface area contributed by atoms with Crippen molar-refractivity contribution >= 4 is 17.3 Å². The molecule has 4 nitrogen and oxygen atoms in total. The van der Waals surface area contributed by atoms with Gasteiger partial charge in [0.15, 0.2) is 0 Å². The molecule has 0 radical (unpaired) electrons. The Balaban J connectivity index is 2.23. The highest BCUT2D eigenvalue weighted by molar-refractivity contribution is 7.13. The van der Waals surface area contributed by atoms with Crippen LogP contribution in [0.25, 0.3) is 0 Å². The van der Waals surface area contributed by atoms with E-state index in [2.05, 4.69) is 18.8 Å². The topological polar surface area (TPSA) is 48.4 Å². The molecule has 0 amide bonds. The summed E-state index contributed by atoms with van der Waals surface area (Å²) in [6, 6.07) is 0. The summed E-state index contributed by atoms with van der Waals surface area (Å²) in [5, 5.41) is 0.894. The van der Waals surface area contributed by atoms with Crippen LogP contribution in [0.1, 0.15) is 54.2 Å². The highest BCUT2D eigenvalue weighted by atomic mass is 32.1. The van der Waals surface area contributed by atoms with Gasteiger partial charge in [-0.3, -0.25) is 0 Å². The number of rotatable bonds is 3. The van der Waals surface area contributed by atoms with Crippen molar-refractivity contribution in [2.75, 3.05) is 14.2 Å². The summed E-state index contributed by atoms with van der Waals surface area (Å²) in [5.74, 6) is -0.328. The minimum absolute atomic E-state index is 0.327. The number of hydrogen-bond donors (Lipinski definition) is 0. The van der Waals surface area contributed by atoms with Gasteiger partial charge in [-0.1, -0.05) is 13.8 Å². The number of ether oxygens (including phenoxy) is 2. The first-order valence-electron chi connectivity index (χ1n) is 6.52. The van der Waals surface area contributed by atoms with Crippen LogP contribution in [0.15, 0.2) is 6.20 Å². The summed E-state index contributed by atoms with van der Waals surface area (Å²) in [7, 11) is 3.12. The minimum Gasteiger partial charge on any atom is -0.465 e. The van der Waals surface area contributed by atoms with E-state index in [1.807, 2.05) is 0 Å². The number of carbonyl (C=O) groups is 1. The minimum atomic E-state index is -0.328. The van der Waals surface area contributed by atoms with Gasteiger partial charge in [-0.25, -0.2) is 9.78 Å². The fourth-order valence-electron chi connectivity index (χ4n) is 2.52. The lowest BCUT2D eigenvalue weighted by Gasteiger charge is -2.41. The van der Waals surface area contributed by atoms with Gasteiger partial charge in [0.05, 0.1) is 13.3 Å². The number of hydrogen-bond acceptors (Lipinski definition) is 5. The molecule has 0 aliphatic heterocycles. The van der Waals surface area contributed by atoms with E-state index in [1.54, 1.807) is 13.3 Å². The Labute approximate surface area is 118 Å². The van der Waals surface area contributed by atoms with Crippen LogP contribution < -0.4 is 0 Å². The molecule has 0 atom stereocenters. The predicted octanol–water partition coefficient (Wildman–Crippen LogP) is 3.37. The lowest BCUT2D eigenvalue weighted by molar-refractivity contribution is -0.0667. The summed E-state index contributed by atoms with van der Waals surface area (Å²) in [5.41, 5.74) is 0.0386. The maximum absolute atomic E-state index is 11.5. The van der Waals surface area contributed by atoms with Crippen molar-refractivity contribution in [2.24, 2.45) is 5.41 Å². The van der Waals surface area contributed by atoms with Gasteiger partial charge in [0.25, 0.3) is 0 Å². The molecule has 1 fully saturated rings. The van der Waals surface area contributed by atoms with Crippen LogP contribution in [-0.2, 0) is 15.1 Å². The highest BCUT2D eigenvalue weighted by Crippen LogP contribution is 2.47. The van der Waals surface area contributed by atoms with E-state index in [4.69, 9.17) is 9.47 Å². The highest BCUT2D eigenvalue weighted by Gasteiger charge is 2.42. The van der Waals surface area contributed by atoms with Gasteiger partial charge >= 0.3 is 5.97 Å². The molecule has 0 bridgehead atoms. The second kappa shape index (κ2) is 5.21. The molecule has 19 heavy (non-hydrogen) atoms. The molecule has 5 heteroatoms. The quantitative estimate of drug-likeness (QED) is 0.798. The Hall–Kier alpha value is -0.940. The van der Waals surface area contributed by atoms with Gasteiger partial charge in [-0.15, -0.1) is 11.3 Å². The van der Waals surface area contributed by atoms with Crippen LogP contribution in [0.3, 0.4) is 0 Å². The molecule has 1 saturated carbocycles. The van der Waals surface area contributed by atoms with E-state index in [9.17, 15) is 4.79 Å². The zero-order chi connectivity index (χ0) is 14.1. The summed E-state index contributed by atoms with van der Waals surface area (Å²) >= 11 is 1.39. The number of carbonyl (C=O) groups excluding carboxylic acids is 1. The van der Waals surface area contributed by atoms with Gasteiger partial charge in [-0.2, -0.15) is 0 Å². The molecule has 1 aliphatic carbocycles. The molecule has 0 spiro atoms. The maximum atomic E-state index is 11.5. The molecular weight excluding hydrogens is 262 g/mol. The molecule has 0 N–H and O–H groups in total. The number of esters is 1. The summed E-state index contributed by atoms with van der Waals surface area (Å²) in [6.45, 7) is 4.57. The Bertz CT molecular complexity index is 457. The summed E-state index contributed by atoms with van der Waals surface area (Å²) in [4.78, 5) is 16.4. The Kier molecular flexibility index (Phi) is 3.97. The van der Waals surface area contributed by atoms with Crippen molar-refractivity contribution in [3.63, 3.8) is 0 Å². The van der Waals surface area contributed by atoms with Crippen LogP contribution in [0, 0.1) is 5.41 Å². The Morgan fingerprint density at radius 3 is 2.42 bits per heavy atom. The monoisotopic (exact) mass is 283 g/mol. The van der Waals surface area contributed by atoms with E-state index in [0.717, 1.165) is 30.7 Å². The largest absolute Gasteiger partial charge is 0.465 e. The number of nitrogens with zero attached hydrogens (tertiary/aromatic N) is 1. The average molecular weight is 283 g/mol. The molecule has 0 saturated heterocycles. The van der Waals surface area contributed by atoms with Gasteiger partial charge in [0, 0.05) is 7.11 Å². The van der Waals surface area contributed by atoms with E-state index < -0.39 is 0 Å². The van der Waals surface area contributed by atoms with Gasteiger partial charge in [-0.05, 0) is 31.1 Å². The second-order valence-electron chi connectivity index (χ2n) is 5.88.